The van der Waals surface area contributed by atoms with Crippen molar-refractivity contribution < 1.29 is 26.7 Å². The highest BCUT2D eigenvalue weighted by Crippen LogP contribution is 2.23. The molecule has 0 fully saturated rings. The van der Waals surface area contributed by atoms with Crippen LogP contribution in [0, 0.1) is 0 Å². The molecular weight excluding hydrogens is 442 g/mol. The van der Waals surface area contributed by atoms with Crippen LogP contribution in [-0.2, 0) is 27.8 Å². The number of nitrogens with zero attached hydrogens (tertiary/aromatic N) is 3. The lowest BCUT2D eigenvalue weighted by molar-refractivity contribution is -0.116. The first-order chi connectivity index (χ1) is 15.1. The fourth-order valence-corrected chi connectivity index (χ4v) is 4.17. The van der Waals surface area contributed by atoms with Crippen molar-refractivity contribution in [1.82, 2.24) is 13.9 Å². The summed E-state index contributed by atoms with van der Waals surface area (Å²) in [5, 5.41) is 2.70. The molecule has 3 rings (SSSR count). The fourth-order valence-electron chi connectivity index (χ4n) is 3.24. The first-order valence-corrected chi connectivity index (χ1v) is 11.3. The van der Waals surface area contributed by atoms with Crippen LogP contribution in [0.5, 0.6) is 5.75 Å². The third kappa shape index (κ3) is 5.22. The van der Waals surface area contributed by atoms with E-state index in [1.807, 2.05) is 11.5 Å². The van der Waals surface area contributed by atoms with Gasteiger partial charge in [-0.25, -0.2) is 17.7 Å². The Morgan fingerprint density at radius 3 is 2.47 bits per heavy atom. The lowest BCUT2D eigenvalue weighted by Crippen LogP contribution is -2.22. The maximum atomic E-state index is 12.4. The third-order valence-electron chi connectivity index (χ3n) is 4.83. The normalized spacial score (nSPS) is 12.0. The minimum absolute atomic E-state index is 0.00492. The van der Waals surface area contributed by atoms with E-state index in [1.54, 1.807) is 12.1 Å². The molecule has 172 valence electrons. The second-order valence-corrected chi connectivity index (χ2v) is 9.31. The van der Waals surface area contributed by atoms with Gasteiger partial charge < -0.3 is 14.6 Å². The number of sulfonamides is 1. The SMILES string of the molecule is CCn1c(CCC(=O)Nc2ccc(OC(F)F)cc2)nc2cc(S(=O)(=O)N(C)C)ccc21. The Balaban J connectivity index is 1.72. The summed E-state index contributed by atoms with van der Waals surface area (Å²) in [6.45, 7) is -0.357. The van der Waals surface area contributed by atoms with E-state index in [0.717, 1.165) is 9.82 Å². The molecule has 1 heterocycles. The Kier molecular flexibility index (Phi) is 7.09. The van der Waals surface area contributed by atoms with Crippen molar-refractivity contribution in [3.05, 3.63) is 48.3 Å². The molecule has 1 amide bonds. The molecule has 0 unspecified atom stereocenters. The first-order valence-electron chi connectivity index (χ1n) is 9.88. The van der Waals surface area contributed by atoms with Gasteiger partial charge in [0.05, 0.1) is 15.9 Å². The zero-order chi connectivity index (χ0) is 23.5. The second-order valence-electron chi connectivity index (χ2n) is 7.16. The van der Waals surface area contributed by atoms with Crippen molar-refractivity contribution in [3.63, 3.8) is 0 Å². The van der Waals surface area contributed by atoms with Crippen LogP contribution in [0.25, 0.3) is 11.0 Å². The summed E-state index contributed by atoms with van der Waals surface area (Å²) in [5.74, 6) is 0.404. The van der Waals surface area contributed by atoms with Crippen molar-refractivity contribution >= 4 is 32.7 Å². The van der Waals surface area contributed by atoms with E-state index in [2.05, 4.69) is 15.0 Å². The number of imidazole rings is 1. The van der Waals surface area contributed by atoms with E-state index < -0.39 is 16.6 Å². The number of amides is 1. The van der Waals surface area contributed by atoms with E-state index in [4.69, 9.17) is 0 Å². The number of alkyl halides is 2. The number of aromatic nitrogens is 2. The van der Waals surface area contributed by atoms with Gasteiger partial charge in [-0.15, -0.1) is 0 Å². The summed E-state index contributed by atoms with van der Waals surface area (Å²) in [6, 6.07) is 10.4. The molecule has 11 heteroatoms. The van der Waals surface area contributed by atoms with Gasteiger partial charge in [0.25, 0.3) is 0 Å². The van der Waals surface area contributed by atoms with E-state index in [0.29, 0.717) is 30.0 Å². The highest BCUT2D eigenvalue weighted by atomic mass is 32.2. The van der Waals surface area contributed by atoms with E-state index in [-0.39, 0.29) is 23.0 Å². The number of carbonyl (C=O) groups is 1. The van der Waals surface area contributed by atoms with Gasteiger partial charge >= 0.3 is 6.61 Å². The molecule has 0 saturated carbocycles. The molecule has 0 aliphatic heterocycles. The number of nitrogens with one attached hydrogen (secondary N) is 1. The highest BCUT2D eigenvalue weighted by molar-refractivity contribution is 7.89. The molecule has 3 aromatic rings. The number of halogens is 2. The largest absolute Gasteiger partial charge is 0.435 e. The standard InChI is InChI=1S/C21H24F2N4O4S/c1-4-27-18-10-9-16(32(29,30)26(2)3)13-17(18)25-19(27)11-12-20(28)24-14-5-7-15(8-6-14)31-21(22)23/h5-10,13,21H,4,11-12H2,1-3H3,(H,24,28). The molecule has 0 aliphatic carbocycles. The Morgan fingerprint density at radius 1 is 1.19 bits per heavy atom. The molecule has 2 aromatic carbocycles. The van der Waals surface area contributed by atoms with Gasteiger partial charge in [-0.3, -0.25) is 4.79 Å². The van der Waals surface area contributed by atoms with Gasteiger partial charge in [0.1, 0.15) is 11.6 Å². The molecule has 0 atom stereocenters. The number of anilines is 1. The number of rotatable bonds is 9. The van der Waals surface area contributed by atoms with Gasteiger partial charge in [-0.1, -0.05) is 0 Å². The lowest BCUT2D eigenvalue weighted by Gasteiger charge is -2.11. The predicted octanol–water partition coefficient (Wildman–Crippen LogP) is 3.48. The molecule has 1 N–H and O–H groups in total. The van der Waals surface area contributed by atoms with Crippen molar-refractivity contribution in [2.75, 3.05) is 19.4 Å². The average Bonchev–Trinajstić information content (AvgIpc) is 3.09. The van der Waals surface area contributed by atoms with Crippen LogP contribution in [0.1, 0.15) is 19.2 Å². The maximum absolute atomic E-state index is 12.4. The van der Waals surface area contributed by atoms with Gasteiger partial charge in [-0.05, 0) is 49.4 Å². The average molecular weight is 467 g/mol. The zero-order valence-corrected chi connectivity index (χ0v) is 18.7. The van der Waals surface area contributed by atoms with Gasteiger partial charge in [-0.2, -0.15) is 8.78 Å². The van der Waals surface area contributed by atoms with Crippen molar-refractivity contribution in [2.45, 2.75) is 37.8 Å². The molecule has 32 heavy (non-hydrogen) atoms. The number of benzene rings is 2. The van der Waals surface area contributed by atoms with Gasteiger partial charge in [0, 0.05) is 39.2 Å². The van der Waals surface area contributed by atoms with Crippen LogP contribution >= 0.6 is 0 Å². The quantitative estimate of drug-likeness (QED) is 0.521. The minimum atomic E-state index is -3.58. The van der Waals surface area contributed by atoms with Crippen LogP contribution in [-0.4, -0.2) is 48.9 Å². The van der Waals surface area contributed by atoms with Crippen molar-refractivity contribution in [3.8, 4) is 5.75 Å². The Labute approximate surface area is 184 Å². The fraction of sp³-hybridized carbons (Fsp3) is 0.333. The molecule has 0 saturated heterocycles. The Hall–Kier alpha value is -3.05. The Bertz CT molecular complexity index is 1210. The van der Waals surface area contributed by atoms with Gasteiger partial charge in [0.2, 0.25) is 15.9 Å². The molecule has 8 nitrogen and oxygen atoms in total. The van der Waals surface area contributed by atoms with E-state index in [1.165, 1.54) is 44.4 Å². The van der Waals surface area contributed by atoms with E-state index >= 15 is 0 Å². The molecule has 0 spiro atoms. The number of fused-ring (bicyclic) bond motifs is 1. The number of hydrogen-bond donors (Lipinski definition) is 1. The lowest BCUT2D eigenvalue weighted by atomic mass is 10.2. The zero-order valence-electron chi connectivity index (χ0n) is 17.9. The van der Waals surface area contributed by atoms with Crippen LogP contribution in [0.3, 0.4) is 0 Å². The number of ether oxygens (including phenoxy) is 1. The molecule has 1 aromatic heterocycles. The Morgan fingerprint density at radius 2 is 1.88 bits per heavy atom. The number of aryl methyl sites for hydroxylation is 2. The summed E-state index contributed by atoms with van der Waals surface area (Å²) < 4.78 is 56.6. The van der Waals surface area contributed by atoms with Crippen LogP contribution in [0.15, 0.2) is 47.4 Å². The molecule has 0 bridgehead atoms. The summed E-state index contributed by atoms with van der Waals surface area (Å²) >= 11 is 0. The minimum Gasteiger partial charge on any atom is -0.435 e. The molecule has 0 radical (unpaired) electrons. The van der Waals surface area contributed by atoms with E-state index in [9.17, 15) is 22.0 Å². The van der Waals surface area contributed by atoms with Crippen molar-refractivity contribution in [1.29, 1.82) is 0 Å². The van der Waals surface area contributed by atoms with Gasteiger partial charge in [0.15, 0.2) is 0 Å². The molecule has 0 aliphatic rings. The van der Waals surface area contributed by atoms with Crippen LogP contribution in [0.2, 0.25) is 0 Å². The second kappa shape index (κ2) is 9.61. The van der Waals surface area contributed by atoms with Crippen LogP contribution in [0.4, 0.5) is 14.5 Å². The highest BCUT2D eigenvalue weighted by Gasteiger charge is 2.19. The maximum Gasteiger partial charge on any atom is 0.387 e. The monoisotopic (exact) mass is 466 g/mol. The first kappa shape index (κ1) is 23.6. The number of hydrogen-bond acceptors (Lipinski definition) is 5. The summed E-state index contributed by atoms with van der Waals surface area (Å²) in [7, 11) is -0.648. The summed E-state index contributed by atoms with van der Waals surface area (Å²) in [6.07, 6.45) is 0.484. The predicted molar refractivity (Wildman–Crippen MR) is 116 cm³/mol. The van der Waals surface area contributed by atoms with Crippen LogP contribution < -0.4 is 10.1 Å². The summed E-state index contributed by atoms with van der Waals surface area (Å²) in [4.78, 5) is 17.0. The molecular formula is C21H24F2N4O4S. The number of carbonyl (C=O) groups excluding carboxylic acids is 1. The summed E-state index contributed by atoms with van der Waals surface area (Å²) in [5.41, 5.74) is 1.79. The third-order valence-corrected chi connectivity index (χ3v) is 6.64. The topological polar surface area (TPSA) is 93.5 Å². The van der Waals surface area contributed by atoms with Crippen molar-refractivity contribution in [2.24, 2.45) is 0 Å². The smallest absolute Gasteiger partial charge is 0.387 e.